The number of hydrogen-bond acceptors (Lipinski definition) is 2. The maximum Gasteiger partial charge on any atom is 0.244 e. The van der Waals surface area contributed by atoms with Crippen LogP contribution in [-0.2, 0) is 11.2 Å². The van der Waals surface area contributed by atoms with Crippen molar-refractivity contribution in [2.75, 3.05) is 6.54 Å². The van der Waals surface area contributed by atoms with Crippen LogP contribution in [0.25, 0.3) is 17.0 Å². The fourth-order valence-electron chi connectivity index (χ4n) is 3.78. The summed E-state index contributed by atoms with van der Waals surface area (Å²) in [7, 11) is 0. The third-order valence-corrected chi connectivity index (χ3v) is 5.09. The van der Waals surface area contributed by atoms with Gasteiger partial charge in [-0.2, -0.15) is 0 Å². The summed E-state index contributed by atoms with van der Waals surface area (Å²) in [6.07, 6.45) is 8.70. The number of carbonyl (C=O) groups excluding carboxylic acids is 1. The first-order valence-corrected chi connectivity index (χ1v) is 9.19. The summed E-state index contributed by atoms with van der Waals surface area (Å²) in [6, 6.07) is 18.5. The number of para-hydroxylation sites is 1. The molecule has 2 aromatic carbocycles. The minimum Gasteiger partial charge on any atom is -0.352 e. The lowest BCUT2D eigenvalue weighted by molar-refractivity contribution is -0.116. The van der Waals surface area contributed by atoms with Crippen molar-refractivity contribution in [3.05, 3.63) is 83.6 Å². The Labute approximate surface area is 153 Å². The van der Waals surface area contributed by atoms with Gasteiger partial charge in [-0.1, -0.05) is 48.5 Å². The first-order chi connectivity index (χ1) is 12.8. The molecule has 3 nitrogen and oxygen atoms in total. The Morgan fingerprint density at radius 2 is 2.00 bits per heavy atom. The van der Waals surface area contributed by atoms with Crippen LogP contribution in [-0.4, -0.2) is 17.4 Å². The number of nitrogens with zero attached hydrogens (tertiary/aromatic N) is 1. The largest absolute Gasteiger partial charge is 0.352 e. The van der Waals surface area contributed by atoms with E-state index in [9.17, 15) is 4.79 Å². The Morgan fingerprint density at radius 1 is 1.12 bits per heavy atom. The number of amides is 1. The topological polar surface area (TPSA) is 42.0 Å². The quantitative estimate of drug-likeness (QED) is 0.710. The number of rotatable bonds is 4. The molecular weight excluding hydrogens is 320 g/mol. The molecular formula is C23H22N2O. The molecule has 3 heteroatoms. The third kappa shape index (κ3) is 3.52. The average Bonchev–Trinajstić information content (AvgIpc) is 2.70. The van der Waals surface area contributed by atoms with Crippen molar-refractivity contribution in [2.45, 2.75) is 25.2 Å². The third-order valence-electron chi connectivity index (χ3n) is 5.09. The van der Waals surface area contributed by atoms with Crippen LogP contribution < -0.4 is 5.32 Å². The minimum absolute atomic E-state index is 0.0546. The summed E-state index contributed by atoms with van der Waals surface area (Å²) >= 11 is 0. The molecule has 0 unspecified atom stereocenters. The molecule has 1 atom stereocenters. The van der Waals surface area contributed by atoms with E-state index in [-0.39, 0.29) is 5.91 Å². The van der Waals surface area contributed by atoms with Crippen molar-refractivity contribution in [1.29, 1.82) is 0 Å². The number of pyridine rings is 1. The van der Waals surface area contributed by atoms with Crippen LogP contribution >= 0.6 is 0 Å². The van der Waals surface area contributed by atoms with E-state index in [1.54, 1.807) is 12.3 Å². The van der Waals surface area contributed by atoms with Crippen molar-refractivity contribution in [3.8, 4) is 0 Å². The molecule has 1 heterocycles. The molecule has 1 aliphatic rings. The Hall–Kier alpha value is -2.94. The van der Waals surface area contributed by atoms with Gasteiger partial charge in [-0.3, -0.25) is 9.78 Å². The Kier molecular flexibility index (Phi) is 4.78. The number of aryl methyl sites for hydroxylation is 1. The number of carbonyl (C=O) groups is 1. The molecule has 0 fully saturated rings. The summed E-state index contributed by atoms with van der Waals surface area (Å²) in [4.78, 5) is 16.7. The van der Waals surface area contributed by atoms with Gasteiger partial charge in [-0.05, 0) is 42.5 Å². The van der Waals surface area contributed by atoms with Crippen LogP contribution in [0.3, 0.4) is 0 Å². The second-order valence-electron chi connectivity index (χ2n) is 6.79. The predicted molar refractivity (Wildman–Crippen MR) is 106 cm³/mol. The van der Waals surface area contributed by atoms with Crippen molar-refractivity contribution < 1.29 is 4.79 Å². The first-order valence-electron chi connectivity index (χ1n) is 9.19. The van der Waals surface area contributed by atoms with E-state index < -0.39 is 0 Å². The van der Waals surface area contributed by atoms with Gasteiger partial charge >= 0.3 is 0 Å². The van der Waals surface area contributed by atoms with E-state index in [4.69, 9.17) is 0 Å². The van der Waals surface area contributed by atoms with Gasteiger partial charge in [0, 0.05) is 35.7 Å². The molecule has 0 saturated carbocycles. The molecule has 130 valence electrons. The summed E-state index contributed by atoms with van der Waals surface area (Å²) < 4.78 is 0. The smallest absolute Gasteiger partial charge is 0.244 e. The van der Waals surface area contributed by atoms with Gasteiger partial charge in [0.1, 0.15) is 0 Å². The molecule has 4 rings (SSSR count). The highest BCUT2D eigenvalue weighted by Gasteiger charge is 2.19. The Bertz CT molecular complexity index is 956. The van der Waals surface area contributed by atoms with Crippen LogP contribution in [0.15, 0.2) is 66.9 Å². The van der Waals surface area contributed by atoms with Crippen molar-refractivity contribution in [2.24, 2.45) is 0 Å². The highest BCUT2D eigenvalue weighted by molar-refractivity contribution is 5.95. The second-order valence-corrected chi connectivity index (χ2v) is 6.79. The zero-order chi connectivity index (χ0) is 17.8. The lowest BCUT2D eigenvalue weighted by atomic mass is 9.83. The standard InChI is InChI=1S/C23H22N2O/c26-22(14-13-19-9-4-8-18-11-5-15-24-23(18)19)25-16-20-10-3-7-17-6-1-2-12-21(17)20/h1-2,4-6,8-9,11-15,20H,3,7,10,16H2,(H,25,26)/b14-13-/t20-/m0/s1. The van der Waals surface area contributed by atoms with E-state index >= 15 is 0 Å². The summed E-state index contributed by atoms with van der Waals surface area (Å²) in [6.45, 7) is 0.688. The summed E-state index contributed by atoms with van der Waals surface area (Å²) in [5.74, 6) is 0.359. The van der Waals surface area contributed by atoms with Crippen molar-refractivity contribution in [1.82, 2.24) is 10.3 Å². The van der Waals surface area contributed by atoms with Gasteiger partial charge in [0.15, 0.2) is 0 Å². The Morgan fingerprint density at radius 3 is 2.96 bits per heavy atom. The molecule has 0 spiro atoms. The average molecular weight is 342 g/mol. The molecule has 0 saturated heterocycles. The van der Waals surface area contributed by atoms with Gasteiger partial charge in [-0.25, -0.2) is 0 Å². The van der Waals surface area contributed by atoms with Crippen molar-refractivity contribution in [3.63, 3.8) is 0 Å². The molecule has 0 aliphatic heterocycles. The molecule has 0 bridgehead atoms. The monoisotopic (exact) mass is 342 g/mol. The second kappa shape index (κ2) is 7.52. The molecule has 1 N–H and O–H groups in total. The van der Waals surface area contributed by atoms with E-state index in [1.165, 1.54) is 17.5 Å². The maximum absolute atomic E-state index is 12.3. The molecule has 26 heavy (non-hydrogen) atoms. The molecule has 3 aromatic rings. The van der Waals surface area contributed by atoms with E-state index in [0.29, 0.717) is 12.5 Å². The summed E-state index contributed by atoms with van der Waals surface area (Å²) in [5, 5.41) is 4.14. The number of benzene rings is 2. The molecule has 1 aromatic heterocycles. The fourth-order valence-corrected chi connectivity index (χ4v) is 3.78. The van der Waals surface area contributed by atoms with Crippen LogP contribution in [0.2, 0.25) is 0 Å². The zero-order valence-corrected chi connectivity index (χ0v) is 14.7. The lowest BCUT2D eigenvalue weighted by Gasteiger charge is -2.25. The van der Waals surface area contributed by atoms with Crippen LogP contribution in [0.1, 0.15) is 35.4 Å². The van der Waals surface area contributed by atoms with Crippen LogP contribution in [0.4, 0.5) is 0 Å². The van der Waals surface area contributed by atoms with Gasteiger partial charge < -0.3 is 5.32 Å². The number of fused-ring (bicyclic) bond motifs is 2. The summed E-state index contributed by atoms with van der Waals surface area (Å²) in [5.41, 5.74) is 4.69. The zero-order valence-electron chi connectivity index (χ0n) is 14.7. The highest BCUT2D eigenvalue weighted by atomic mass is 16.1. The first kappa shape index (κ1) is 16.5. The van der Waals surface area contributed by atoms with Gasteiger partial charge in [0.05, 0.1) is 5.52 Å². The fraction of sp³-hybridized carbons (Fsp3) is 0.217. The number of aromatic nitrogens is 1. The van der Waals surface area contributed by atoms with Crippen molar-refractivity contribution >= 4 is 22.9 Å². The number of hydrogen-bond donors (Lipinski definition) is 1. The van der Waals surface area contributed by atoms with Gasteiger partial charge in [0.2, 0.25) is 5.91 Å². The molecule has 1 aliphatic carbocycles. The predicted octanol–water partition coefficient (Wildman–Crippen LogP) is 4.48. The van der Waals surface area contributed by atoms with E-state index in [2.05, 4.69) is 34.6 Å². The van der Waals surface area contributed by atoms with Crippen LogP contribution in [0, 0.1) is 0 Å². The van der Waals surface area contributed by atoms with Gasteiger partial charge in [-0.15, -0.1) is 0 Å². The van der Waals surface area contributed by atoms with Crippen LogP contribution in [0.5, 0.6) is 0 Å². The lowest BCUT2D eigenvalue weighted by Crippen LogP contribution is -2.28. The van der Waals surface area contributed by atoms with E-state index in [0.717, 1.165) is 29.3 Å². The van der Waals surface area contributed by atoms with Gasteiger partial charge in [0.25, 0.3) is 0 Å². The Balaban J connectivity index is 1.42. The normalized spacial score (nSPS) is 16.5. The minimum atomic E-state index is -0.0546. The maximum atomic E-state index is 12.3. The highest BCUT2D eigenvalue weighted by Crippen LogP contribution is 2.30. The SMILES string of the molecule is O=C(/C=C\c1cccc2cccnc12)NC[C@@H]1CCCc2ccccc21. The van der Waals surface area contributed by atoms with E-state index in [1.807, 2.05) is 36.4 Å². The molecule has 0 radical (unpaired) electrons. The molecule has 1 amide bonds. The number of nitrogens with one attached hydrogen (secondary N) is 1.